The summed E-state index contributed by atoms with van der Waals surface area (Å²) in [5.74, 6) is 0.0943. The Morgan fingerprint density at radius 3 is 2.36 bits per heavy atom. The van der Waals surface area contributed by atoms with Crippen molar-refractivity contribution >= 4 is 5.97 Å². The normalized spacial score (nSPS) is 12.6. The molecule has 66 valence electrons. The molecule has 0 aromatic carbocycles. The van der Waals surface area contributed by atoms with Crippen molar-refractivity contribution < 1.29 is 9.53 Å². The Balaban J connectivity index is 3.71. The summed E-state index contributed by atoms with van der Waals surface area (Å²) < 4.78 is 4.91. The molecule has 0 aliphatic rings. The second kappa shape index (κ2) is 6.20. The largest absolute Gasteiger partial charge is 0.466 e. The van der Waals surface area contributed by atoms with Crippen molar-refractivity contribution in [3.05, 3.63) is 0 Å². The minimum Gasteiger partial charge on any atom is -0.466 e. The molecule has 0 aliphatic carbocycles. The maximum absolute atomic E-state index is 11.1. The summed E-state index contributed by atoms with van der Waals surface area (Å²) in [5, 5.41) is 0. The number of carbonyl (C=O) groups excluding carboxylic acids is 1. The van der Waals surface area contributed by atoms with E-state index in [1.54, 1.807) is 0 Å². The van der Waals surface area contributed by atoms with Gasteiger partial charge in [0.2, 0.25) is 0 Å². The molecule has 0 rings (SSSR count). The number of rotatable bonds is 5. The van der Waals surface area contributed by atoms with E-state index in [4.69, 9.17) is 4.74 Å². The van der Waals surface area contributed by atoms with Crippen LogP contribution in [-0.4, -0.2) is 12.6 Å². The maximum Gasteiger partial charge on any atom is 0.308 e. The third-order valence-electron chi connectivity index (χ3n) is 1.75. The minimum absolute atomic E-state index is 0.0307. The molecule has 0 radical (unpaired) electrons. The highest BCUT2D eigenvalue weighted by molar-refractivity contribution is 5.72. The number of hydrogen-bond acceptors (Lipinski definition) is 2. The van der Waals surface area contributed by atoms with Crippen LogP contribution in [-0.2, 0) is 9.53 Å². The molecule has 0 amide bonds. The number of esters is 1. The Hall–Kier alpha value is -0.530. The van der Waals surface area contributed by atoms with E-state index in [-0.39, 0.29) is 11.9 Å². The highest BCUT2D eigenvalue weighted by Gasteiger charge is 2.15. The van der Waals surface area contributed by atoms with E-state index in [9.17, 15) is 4.79 Å². The van der Waals surface area contributed by atoms with Crippen molar-refractivity contribution in [3.8, 4) is 0 Å². The molecule has 0 heterocycles. The zero-order valence-corrected chi connectivity index (χ0v) is 7.72. The topological polar surface area (TPSA) is 26.3 Å². The monoisotopic (exact) mass is 158 g/mol. The van der Waals surface area contributed by atoms with Crippen LogP contribution in [0.1, 0.15) is 40.0 Å². The van der Waals surface area contributed by atoms with Gasteiger partial charge in [-0.15, -0.1) is 0 Å². The third kappa shape index (κ3) is 4.02. The predicted octanol–water partition coefficient (Wildman–Crippen LogP) is 2.38. The predicted molar refractivity (Wildman–Crippen MR) is 45.3 cm³/mol. The van der Waals surface area contributed by atoms with Gasteiger partial charge < -0.3 is 4.74 Å². The first-order valence-corrected chi connectivity index (χ1v) is 4.42. The van der Waals surface area contributed by atoms with Crippen LogP contribution in [0.2, 0.25) is 0 Å². The van der Waals surface area contributed by atoms with Crippen molar-refractivity contribution in [1.29, 1.82) is 0 Å². The van der Waals surface area contributed by atoms with E-state index in [0.29, 0.717) is 6.61 Å². The van der Waals surface area contributed by atoms with Crippen LogP contribution in [0.25, 0.3) is 0 Å². The first-order valence-electron chi connectivity index (χ1n) is 4.42. The molecule has 0 saturated heterocycles. The summed E-state index contributed by atoms with van der Waals surface area (Å²) in [4.78, 5) is 11.1. The minimum atomic E-state index is -0.0307. The van der Waals surface area contributed by atoms with Crippen LogP contribution in [0.4, 0.5) is 0 Å². The lowest BCUT2D eigenvalue weighted by atomic mass is 10.0. The van der Waals surface area contributed by atoms with Crippen LogP contribution in [0.5, 0.6) is 0 Å². The van der Waals surface area contributed by atoms with E-state index in [1.165, 1.54) is 0 Å². The highest BCUT2D eigenvalue weighted by atomic mass is 16.5. The molecule has 2 nitrogen and oxygen atoms in total. The van der Waals surface area contributed by atoms with Gasteiger partial charge in [-0.05, 0) is 19.8 Å². The Morgan fingerprint density at radius 1 is 1.36 bits per heavy atom. The molecule has 0 spiro atoms. The van der Waals surface area contributed by atoms with Gasteiger partial charge in [0.1, 0.15) is 0 Å². The van der Waals surface area contributed by atoms with Crippen LogP contribution in [0.15, 0.2) is 0 Å². The fourth-order valence-corrected chi connectivity index (χ4v) is 1.10. The molecule has 0 saturated carbocycles. The van der Waals surface area contributed by atoms with Crippen LogP contribution < -0.4 is 0 Å². The van der Waals surface area contributed by atoms with Gasteiger partial charge in [0.15, 0.2) is 0 Å². The fraction of sp³-hybridized carbons (Fsp3) is 0.889. The smallest absolute Gasteiger partial charge is 0.308 e. The molecular weight excluding hydrogens is 140 g/mol. The quantitative estimate of drug-likeness (QED) is 0.574. The van der Waals surface area contributed by atoms with Gasteiger partial charge in [-0.25, -0.2) is 0 Å². The zero-order valence-electron chi connectivity index (χ0n) is 7.72. The lowest BCUT2D eigenvalue weighted by Gasteiger charge is -2.11. The van der Waals surface area contributed by atoms with E-state index in [2.05, 4.69) is 6.92 Å². The van der Waals surface area contributed by atoms with Gasteiger partial charge >= 0.3 is 5.97 Å². The zero-order chi connectivity index (χ0) is 8.69. The van der Waals surface area contributed by atoms with Crippen molar-refractivity contribution in [2.24, 2.45) is 5.92 Å². The summed E-state index contributed by atoms with van der Waals surface area (Å²) in [5.41, 5.74) is 0. The van der Waals surface area contributed by atoms with Gasteiger partial charge in [0, 0.05) is 0 Å². The molecule has 1 atom stereocenters. The van der Waals surface area contributed by atoms with Gasteiger partial charge in [-0.2, -0.15) is 0 Å². The fourth-order valence-electron chi connectivity index (χ4n) is 1.10. The Labute approximate surface area is 68.9 Å². The Morgan fingerprint density at radius 2 is 2.00 bits per heavy atom. The summed E-state index contributed by atoms with van der Waals surface area (Å²) in [6.45, 7) is 6.45. The van der Waals surface area contributed by atoms with Crippen molar-refractivity contribution in [1.82, 2.24) is 0 Å². The molecule has 0 aromatic rings. The first-order chi connectivity index (χ1) is 5.26. The standard InChI is InChI=1S/C9H18O2/c1-4-7-8(5-2)9(10)11-6-3/h8H,4-7H2,1-3H3/t8-/m0/s1. The molecule has 0 aromatic heterocycles. The lowest BCUT2D eigenvalue weighted by Crippen LogP contribution is -2.16. The van der Waals surface area contributed by atoms with E-state index in [1.807, 2.05) is 13.8 Å². The summed E-state index contributed by atoms with van der Waals surface area (Å²) in [6, 6.07) is 0. The molecule has 0 aliphatic heterocycles. The average Bonchev–Trinajstić information content (AvgIpc) is 2.00. The van der Waals surface area contributed by atoms with E-state index >= 15 is 0 Å². The van der Waals surface area contributed by atoms with Crippen LogP contribution >= 0.6 is 0 Å². The molecule has 0 unspecified atom stereocenters. The van der Waals surface area contributed by atoms with Gasteiger partial charge in [-0.3, -0.25) is 4.79 Å². The van der Waals surface area contributed by atoms with Gasteiger partial charge in [-0.1, -0.05) is 20.3 Å². The van der Waals surface area contributed by atoms with Crippen molar-refractivity contribution in [3.63, 3.8) is 0 Å². The van der Waals surface area contributed by atoms with Crippen LogP contribution in [0.3, 0.4) is 0 Å². The Kier molecular flexibility index (Phi) is 5.90. The second-order valence-electron chi connectivity index (χ2n) is 2.65. The molecule has 0 fully saturated rings. The molecule has 0 N–H and O–H groups in total. The maximum atomic E-state index is 11.1. The van der Waals surface area contributed by atoms with Crippen molar-refractivity contribution in [2.75, 3.05) is 6.61 Å². The van der Waals surface area contributed by atoms with Gasteiger partial charge in [0.05, 0.1) is 12.5 Å². The highest BCUT2D eigenvalue weighted by Crippen LogP contribution is 2.12. The molecular formula is C9H18O2. The number of carbonyl (C=O) groups is 1. The van der Waals surface area contributed by atoms with E-state index < -0.39 is 0 Å². The van der Waals surface area contributed by atoms with Gasteiger partial charge in [0.25, 0.3) is 0 Å². The van der Waals surface area contributed by atoms with Crippen LogP contribution in [0, 0.1) is 5.92 Å². The summed E-state index contributed by atoms with van der Waals surface area (Å²) in [7, 11) is 0. The molecule has 11 heavy (non-hydrogen) atoms. The summed E-state index contributed by atoms with van der Waals surface area (Å²) >= 11 is 0. The second-order valence-corrected chi connectivity index (χ2v) is 2.65. The molecule has 2 heteroatoms. The lowest BCUT2D eigenvalue weighted by molar-refractivity contribution is -0.148. The first kappa shape index (κ1) is 10.5. The number of hydrogen-bond donors (Lipinski definition) is 0. The third-order valence-corrected chi connectivity index (χ3v) is 1.75. The Bertz CT molecular complexity index is 110. The number of ether oxygens (including phenoxy) is 1. The van der Waals surface area contributed by atoms with Crippen molar-refractivity contribution in [2.45, 2.75) is 40.0 Å². The molecule has 0 bridgehead atoms. The van der Waals surface area contributed by atoms with E-state index in [0.717, 1.165) is 19.3 Å². The SMILES string of the molecule is CCC[C@H](CC)C(=O)OCC. The summed E-state index contributed by atoms with van der Waals surface area (Å²) in [6.07, 6.45) is 2.90. The average molecular weight is 158 g/mol.